The lowest BCUT2D eigenvalue weighted by molar-refractivity contribution is -0.0352. The molecular formula is C21H32N2O3. The zero-order valence-corrected chi connectivity index (χ0v) is 16.9. The van der Waals surface area contributed by atoms with Gasteiger partial charge >= 0.3 is 6.09 Å². The van der Waals surface area contributed by atoms with Gasteiger partial charge in [-0.2, -0.15) is 0 Å². The Hall–Kier alpha value is -1.91. The summed E-state index contributed by atoms with van der Waals surface area (Å²) in [4.78, 5) is 16.6. The molecule has 0 aliphatic carbocycles. The van der Waals surface area contributed by atoms with Crippen molar-refractivity contribution in [3.05, 3.63) is 24.3 Å². The van der Waals surface area contributed by atoms with E-state index in [0.29, 0.717) is 12.0 Å². The molecule has 2 atom stereocenters. The first-order chi connectivity index (χ1) is 12.0. The van der Waals surface area contributed by atoms with E-state index in [-0.39, 0.29) is 11.7 Å². The monoisotopic (exact) mass is 360 g/mol. The molecule has 0 saturated carbocycles. The third-order valence-corrected chi connectivity index (χ3v) is 4.78. The van der Waals surface area contributed by atoms with Gasteiger partial charge in [-0.3, -0.25) is 0 Å². The van der Waals surface area contributed by atoms with Gasteiger partial charge in [-0.25, -0.2) is 4.79 Å². The highest BCUT2D eigenvalue weighted by atomic mass is 16.6. The minimum absolute atomic E-state index is 0.170. The number of nitrogens with zero attached hydrogens (tertiary/aromatic N) is 2. The van der Waals surface area contributed by atoms with Crippen LogP contribution in [0.15, 0.2) is 24.3 Å². The van der Waals surface area contributed by atoms with Crippen molar-refractivity contribution >= 4 is 11.8 Å². The van der Waals surface area contributed by atoms with Crippen LogP contribution in [0, 0.1) is 5.92 Å². The minimum atomic E-state index is -0.431. The van der Waals surface area contributed by atoms with E-state index in [1.54, 1.807) is 0 Å². The number of carbonyl (C=O) groups excluding carboxylic acids is 1. The molecule has 0 radical (unpaired) electrons. The summed E-state index contributed by atoms with van der Waals surface area (Å²) in [5, 5.41) is 0. The van der Waals surface area contributed by atoms with Crippen LogP contribution < -0.4 is 9.64 Å². The zero-order chi connectivity index (χ0) is 19.1. The van der Waals surface area contributed by atoms with Gasteiger partial charge in [-0.1, -0.05) is 0 Å². The second kappa shape index (κ2) is 6.67. The fourth-order valence-electron chi connectivity index (χ4n) is 3.70. The Morgan fingerprint density at radius 1 is 1.00 bits per heavy atom. The lowest BCUT2D eigenvalue weighted by Crippen LogP contribution is -2.65. The summed E-state index contributed by atoms with van der Waals surface area (Å²) in [6, 6.07) is 8.67. The molecule has 5 heteroatoms. The standard InChI is InChI=1S/C21H32N2O3/c1-20(2,3)25-17-9-7-16(8-10-17)22-12-11-18-15(13-22)14-23(18)19(24)26-21(4,5)6/h7-10,15,18H,11-14H2,1-6H3. The van der Waals surface area contributed by atoms with Gasteiger partial charge < -0.3 is 19.3 Å². The quantitative estimate of drug-likeness (QED) is 0.788. The van der Waals surface area contributed by atoms with Crippen molar-refractivity contribution in [3.8, 4) is 5.75 Å². The van der Waals surface area contributed by atoms with E-state index < -0.39 is 5.60 Å². The first kappa shape index (κ1) is 18.9. The van der Waals surface area contributed by atoms with E-state index in [2.05, 4.69) is 37.8 Å². The molecule has 0 bridgehead atoms. The van der Waals surface area contributed by atoms with E-state index in [9.17, 15) is 4.79 Å². The zero-order valence-electron chi connectivity index (χ0n) is 16.9. The first-order valence-corrected chi connectivity index (χ1v) is 9.55. The van der Waals surface area contributed by atoms with E-state index in [0.717, 1.165) is 31.8 Å². The molecule has 1 aromatic rings. The van der Waals surface area contributed by atoms with Crippen LogP contribution in [0.1, 0.15) is 48.0 Å². The van der Waals surface area contributed by atoms with Crippen LogP contribution in [0.5, 0.6) is 5.75 Å². The topological polar surface area (TPSA) is 42.0 Å². The van der Waals surface area contributed by atoms with Crippen molar-refractivity contribution in [1.82, 2.24) is 4.90 Å². The molecule has 2 fully saturated rings. The van der Waals surface area contributed by atoms with E-state index in [1.165, 1.54) is 5.69 Å². The summed E-state index contributed by atoms with van der Waals surface area (Å²) < 4.78 is 11.4. The van der Waals surface area contributed by atoms with E-state index >= 15 is 0 Å². The number of amides is 1. The molecule has 0 aromatic heterocycles. The Balaban J connectivity index is 1.55. The van der Waals surface area contributed by atoms with Crippen LogP contribution in [0.2, 0.25) is 0 Å². The van der Waals surface area contributed by atoms with Gasteiger partial charge in [0.1, 0.15) is 17.0 Å². The molecule has 2 aliphatic rings. The molecule has 26 heavy (non-hydrogen) atoms. The molecule has 2 unspecified atom stereocenters. The third-order valence-electron chi connectivity index (χ3n) is 4.78. The highest BCUT2D eigenvalue weighted by Gasteiger charge is 2.46. The number of fused-ring (bicyclic) bond motifs is 1. The summed E-state index contributed by atoms with van der Waals surface area (Å²) >= 11 is 0. The Labute approximate surface area is 157 Å². The van der Waals surface area contributed by atoms with E-state index in [4.69, 9.17) is 9.47 Å². The van der Waals surface area contributed by atoms with Gasteiger partial charge in [0.05, 0.1) is 0 Å². The second-order valence-corrected chi connectivity index (χ2v) is 9.40. The molecule has 2 heterocycles. The molecule has 0 spiro atoms. The lowest BCUT2D eigenvalue weighted by atomic mass is 9.83. The number of hydrogen-bond acceptors (Lipinski definition) is 4. The Kier molecular flexibility index (Phi) is 4.84. The van der Waals surface area contributed by atoms with Gasteiger partial charge in [0, 0.05) is 37.3 Å². The average Bonchev–Trinajstić information content (AvgIpc) is 2.46. The van der Waals surface area contributed by atoms with Crippen LogP contribution in [-0.4, -0.2) is 47.9 Å². The number of ether oxygens (including phenoxy) is 2. The molecule has 2 aliphatic heterocycles. The maximum Gasteiger partial charge on any atom is 0.410 e. The Bertz CT molecular complexity index is 643. The molecule has 1 aromatic carbocycles. The van der Waals surface area contributed by atoms with Crippen molar-refractivity contribution in [2.24, 2.45) is 5.92 Å². The first-order valence-electron chi connectivity index (χ1n) is 9.55. The summed E-state index contributed by atoms with van der Waals surface area (Å²) in [5.74, 6) is 1.43. The maximum absolute atomic E-state index is 12.3. The van der Waals surface area contributed by atoms with Crippen LogP contribution in [0.4, 0.5) is 10.5 Å². The molecule has 144 valence electrons. The molecule has 1 amide bonds. The number of carbonyl (C=O) groups is 1. The highest BCUT2D eigenvalue weighted by Crippen LogP contribution is 2.35. The SMILES string of the molecule is CC(C)(C)OC(=O)N1CC2CN(c3ccc(OC(C)(C)C)cc3)CCC21. The van der Waals surface area contributed by atoms with Gasteiger partial charge in [-0.15, -0.1) is 0 Å². The van der Waals surface area contributed by atoms with Crippen LogP contribution in [-0.2, 0) is 4.74 Å². The minimum Gasteiger partial charge on any atom is -0.488 e. The van der Waals surface area contributed by atoms with Crippen LogP contribution in [0.25, 0.3) is 0 Å². The van der Waals surface area contributed by atoms with Crippen LogP contribution in [0.3, 0.4) is 0 Å². The molecular weight excluding hydrogens is 328 g/mol. The molecule has 5 nitrogen and oxygen atoms in total. The number of likely N-dealkylation sites (tertiary alicyclic amines) is 1. The number of rotatable bonds is 2. The Morgan fingerprint density at radius 2 is 1.65 bits per heavy atom. The molecule has 0 N–H and O–H groups in total. The summed E-state index contributed by atoms with van der Waals surface area (Å²) in [6.45, 7) is 14.6. The summed E-state index contributed by atoms with van der Waals surface area (Å²) in [6.07, 6.45) is 0.820. The predicted octanol–water partition coefficient (Wildman–Crippen LogP) is 4.31. The number of piperidine rings is 1. The summed E-state index contributed by atoms with van der Waals surface area (Å²) in [7, 11) is 0. The van der Waals surface area contributed by atoms with Gasteiger partial charge in [0.2, 0.25) is 0 Å². The maximum atomic E-state index is 12.3. The second-order valence-electron chi connectivity index (χ2n) is 9.40. The number of benzene rings is 1. The van der Waals surface area contributed by atoms with Crippen molar-refractivity contribution in [1.29, 1.82) is 0 Å². The smallest absolute Gasteiger partial charge is 0.410 e. The fourth-order valence-corrected chi connectivity index (χ4v) is 3.70. The predicted molar refractivity (Wildman–Crippen MR) is 104 cm³/mol. The fraction of sp³-hybridized carbons (Fsp3) is 0.667. The van der Waals surface area contributed by atoms with Gasteiger partial charge in [0.25, 0.3) is 0 Å². The van der Waals surface area contributed by atoms with Gasteiger partial charge in [-0.05, 0) is 72.2 Å². The molecule has 2 saturated heterocycles. The van der Waals surface area contributed by atoms with Gasteiger partial charge in [0.15, 0.2) is 0 Å². The van der Waals surface area contributed by atoms with Crippen molar-refractivity contribution in [2.45, 2.75) is 65.2 Å². The van der Waals surface area contributed by atoms with Crippen LogP contribution >= 0.6 is 0 Å². The van der Waals surface area contributed by atoms with Crippen molar-refractivity contribution < 1.29 is 14.3 Å². The number of hydrogen-bond donors (Lipinski definition) is 0. The highest BCUT2D eigenvalue weighted by molar-refractivity contribution is 5.70. The Morgan fingerprint density at radius 3 is 2.19 bits per heavy atom. The van der Waals surface area contributed by atoms with Crippen molar-refractivity contribution in [2.75, 3.05) is 24.5 Å². The number of anilines is 1. The normalized spacial score (nSPS) is 23.2. The third kappa shape index (κ3) is 4.43. The largest absolute Gasteiger partial charge is 0.488 e. The lowest BCUT2D eigenvalue weighted by Gasteiger charge is -2.53. The molecule has 3 rings (SSSR count). The van der Waals surface area contributed by atoms with Crippen molar-refractivity contribution in [3.63, 3.8) is 0 Å². The van der Waals surface area contributed by atoms with E-state index in [1.807, 2.05) is 37.8 Å². The average molecular weight is 360 g/mol. The summed E-state index contributed by atoms with van der Waals surface area (Å²) in [5.41, 5.74) is 0.608.